The van der Waals surface area contributed by atoms with E-state index in [0.717, 1.165) is 17.1 Å². The molecule has 0 fully saturated rings. The molecule has 122 valence electrons. The van der Waals surface area contributed by atoms with Crippen molar-refractivity contribution < 1.29 is 4.74 Å². The van der Waals surface area contributed by atoms with Crippen molar-refractivity contribution in [3.8, 4) is 16.9 Å². The first-order chi connectivity index (χ1) is 12.3. The molecule has 0 atom stereocenters. The smallest absolute Gasteiger partial charge is 0.119 e. The highest BCUT2D eigenvalue weighted by Gasteiger charge is 2.03. The van der Waals surface area contributed by atoms with E-state index in [1.54, 1.807) is 7.11 Å². The Morgan fingerprint density at radius 2 is 1.28 bits per heavy atom. The summed E-state index contributed by atoms with van der Waals surface area (Å²) in [6.07, 6.45) is 0. The molecule has 25 heavy (non-hydrogen) atoms. The normalized spacial score (nSPS) is 10.6. The highest BCUT2D eigenvalue weighted by molar-refractivity contribution is 5.96. The van der Waals surface area contributed by atoms with Gasteiger partial charge >= 0.3 is 0 Å². The van der Waals surface area contributed by atoms with E-state index in [1.807, 2.05) is 24.3 Å². The summed E-state index contributed by atoms with van der Waals surface area (Å²) >= 11 is 0. The second-order valence-corrected chi connectivity index (χ2v) is 5.96. The molecule has 0 unspecified atom stereocenters. The van der Waals surface area contributed by atoms with Gasteiger partial charge in [0.2, 0.25) is 0 Å². The van der Waals surface area contributed by atoms with Gasteiger partial charge in [0.15, 0.2) is 0 Å². The second kappa shape index (κ2) is 6.70. The van der Waals surface area contributed by atoms with Crippen molar-refractivity contribution in [3.05, 3.63) is 91.0 Å². The monoisotopic (exact) mass is 325 g/mol. The third kappa shape index (κ3) is 3.20. The molecule has 0 aromatic heterocycles. The first kappa shape index (κ1) is 15.3. The van der Waals surface area contributed by atoms with Crippen LogP contribution in [0.3, 0.4) is 0 Å². The molecule has 2 heteroatoms. The van der Waals surface area contributed by atoms with Gasteiger partial charge in [-0.3, -0.25) is 0 Å². The van der Waals surface area contributed by atoms with Crippen LogP contribution in [0.15, 0.2) is 91.0 Å². The van der Waals surface area contributed by atoms with Crippen molar-refractivity contribution in [1.29, 1.82) is 0 Å². The predicted molar refractivity (Wildman–Crippen MR) is 106 cm³/mol. The topological polar surface area (TPSA) is 21.3 Å². The fourth-order valence-electron chi connectivity index (χ4n) is 3.05. The van der Waals surface area contributed by atoms with E-state index in [4.69, 9.17) is 4.74 Å². The molecule has 4 rings (SSSR count). The van der Waals surface area contributed by atoms with E-state index in [-0.39, 0.29) is 0 Å². The van der Waals surface area contributed by atoms with Crippen LogP contribution in [0.25, 0.3) is 21.9 Å². The molecule has 4 aromatic rings. The zero-order valence-electron chi connectivity index (χ0n) is 14.1. The summed E-state index contributed by atoms with van der Waals surface area (Å²) in [5, 5.41) is 5.96. The van der Waals surface area contributed by atoms with Crippen molar-refractivity contribution >= 4 is 22.1 Å². The van der Waals surface area contributed by atoms with Crippen molar-refractivity contribution in [3.63, 3.8) is 0 Å². The number of methoxy groups -OCH3 is 1. The van der Waals surface area contributed by atoms with Crippen LogP contribution in [-0.4, -0.2) is 7.11 Å². The quantitative estimate of drug-likeness (QED) is 0.478. The van der Waals surface area contributed by atoms with E-state index in [0.29, 0.717) is 0 Å². The summed E-state index contributed by atoms with van der Waals surface area (Å²) in [5.74, 6) is 0.858. The number of hydrogen-bond acceptors (Lipinski definition) is 2. The predicted octanol–water partition coefficient (Wildman–Crippen LogP) is 6.26. The maximum Gasteiger partial charge on any atom is 0.119 e. The Bertz CT molecular complexity index is 983. The SMILES string of the molecule is COc1ccc(Nc2ccc(-c3cccc4ccccc34)cc2)cc1. The van der Waals surface area contributed by atoms with Crippen molar-refractivity contribution in [2.45, 2.75) is 0 Å². The van der Waals surface area contributed by atoms with Gasteiger partial charge in [-0.15, -0.1) is 0 Å². The van der Waals surface area contributed by atoms with Crippen LogP contribution < -0.4 is 10.1 Å². The number of rotatable bonds is 4. The fourth-order valence-corrected chi connectivity index (χ4v) is 3.05. The third-order valence-electron chi connectivity index (χ3n) is 4.36. The Kier molecular flexibility index (Phi) is 4.09. The maximum atomic E-state index is 5.19. The molecule has 0 aliphatic rings. The minimum atomic E-state index is 0.858. The summed E-state index contributed by atoms with van der Waals surface area (Å²) < 4.78 is 5.19. The number of benzene rings is 4. The lowest BCUT2D eigenvalue weighted by Gasteiger charge is -2.10. The van der Waals surface area contributed by atoms with E-state index in [2.05, 4.69) is 72.0 Å². The average molecular weight is 325 g/mol. The lowest BCUT2D eigenvalue weighted by atomic mass is 9.98. The molecule has 0 amide bonds. The minimum absolute atomic E-state index is 0.858. The number of anilines is 2. The second-order valence-electron chi connectivity index (χ2n) is 5.96. The Morgan fingerprint density at radius 3 is 2.00 bits per heavy atom. The van der Waals surface area contributed by atoms with Crippen LogP contribution >= 0.6 is 0 Å². The summed E-state index contributed by atoms with van der Waals surface area (Å²) in [7, 11) is 1.68. The van der Waals surface area contributed by atoms with Gasteiger partial charge in [0.1, 0.15) is 5.75 Å². The Labute approximate surface area is 147 Å². The van der Waals surface area contributed by atoms with Crippen LogP contribution in [0, 0.1) is 0 Å². The Balaban J connectivity index is 1.61. The first-order valence-corrected chi connectivity index (χ1v) is 8.33. The van der Waals surface area contributed by atoms with Gasteiger partial charge in [0.05, 0.1) is 7.11 Å². The standard InChI is InChI=1S/C23H19NO/c1-25-21-15-13-20(14-16-21)24-19-11-9-18(10-12-19)23-8-4-6-17-5-2-3-7-22(17)23/h2-16,24H,1H3. The fraction of sp³-hybridized carbons (Fsp3) is 0.0435. The molecule has 2 nitrogen and oxygen atoms in total. The van der Waals surface area contributed by atoms with Crippen LogP contribution in [0.5, 0.6) is 5.75 Å². The molecular weight excluding hydrogens is 306 g/mol. The molecule has 1 N–H and O–H groups in total. The largest absolute Gasteiger partial charge is 0.497 e. The Hall–Kier alpha value is -3.26. The average Bonchev–Trinajstić information content (AvgIpc) is 2.69. The van der Waals surface area contributed by atoms with Crippen LogP contribution in [-0.2, 0) is 0 Å². The molecule has 0 aliphatic heterocycles. The van der Waals surface area contributed by atoms with Crippen molar-refractivity contribution in [2.24, 2.45) is 0 Å². The van der Waals surface area contributed by atoms with Gasteiger partial charge in [0, 0.05) is 11.4 Å². The van der Waals surface area contributed by atoms with E-state index >= 15 is 0 Å². The summed E-state index contributed by atoms with van der Waals surface area (Å²) in [6, 6.07) is 31.4. The molecule has 4 aromatic carbocycles. The van der Waals surface area contributed by atoms with Gasteiger partial charge in [-0.2, -0.15) is 0 Å². The highest BCUT2D eigenvalue weighted by atomic mass is 16.5. The first-order valence-electron chi connectivity index (χ1n) is 8.33. The third-order valence-corrected chi connectivity index (χ3v) is 4.36. The van der Waals surface area contributed by atoms with Gasteiger partial charge < -0.3 is 10.1 Å². The van der Waals surface area contributed by atoms with Gasteiger partial charge in [-0.25, -0.2) is 0 Å². The lowest BCUT2D eigenvalue weighted by molar-refractivity contribution is 0.415. The number of ether oxygens (including phenoxy) is 1. The van der Waals surface area contributed by atoms with Crippen molar-refractivity contribution in [1.82, 2.24) is 0 Å². The van der Waals surface area contributed by atoms with Crippen molar-refractivity contribution in [2.75, 3.05) is 12.4 Å². The molecule has 0 saturated carbocycles. The zero-order chi connectivity index (χ0) is 17.1. The maximum absolute atomic E-state index is 5.19. The highest BCUT2D eigenvalue weighted by Crippen LogP contribution is 2.30. The molecule has 0 heterocycles. The van der Waals surface area contributed by atoms with E-state index in [1.165, 1.54) is 21.9 Å². The van der Waals surface area contributed by atoms with E-state index < -0.39 is 0 Å². The van der Waals surface area contributed by atoms with Gasteiger partial charge in [-0.1, -0.05) is 54.6 Å². The molecule has 0 radical (unpaired) electrons. The van der Waals surface area contributed by atoms with Gasteiger partial charge in [0.25, 0.3) is 0 Å². The molecule has 0 spiro atoms. The molecule has 0 aliphatic carbocycles. The molecule has 0 saturated heterocycles. The van der Waals surface area contributed by atoms with Crippen LogP contribution in [0.1, 0.15) is 0 Å². The molecule has 0 bridgehead atoms. The summed E-state index contributed by atoms with van der Waals surface area (Å²) in [6.45, 7) is 0. The minimum Gasteiger partial charge on any atom is -0.497 e. The number of hydrogen-bond donors (Lipinski definition) is 1. The van der Waals surface area contributed by atoms with Gasteiger partial charge in [-0.05, 0) is 58.3 Å². The van der Waals surface area contributed by atoms with Crippen LogP contribution in [0.2, 0.25) is 0 Å². The summed E-state index contributed by atoms with van der Waals surface area (Å²) in [4.78, 5) is 0. The summed E-state index contributed by atoms with van der Waals surface area (Å²) in [5.41, 5.74) is 4.58. The Morgan fingerprint density at radius 1 is 0.640 bits per heavy atom. The van der Waals surface area contributed by atoms with Crippen LogP contribution in [0.4, 0.5) is 11.4 Å². The zero-order valence-corrected chi connectivity index (χ0v) is 14.1. The number of fused-ring (bicyclic) bond motifs is 1. The number of nitrogens with one attached hydrogen (secondary N) is 1. The van der Waals surface area contributed by atoms with E-state index in [9.17, 15) is 0 Å². The lowest BCUT2D eigenvalue weighted by Crippen LogP contribution is -1.90. The molecular formula is C23H19NO.